The number of aryl methyl sites for hydroxylation is 1. The molecular weight excluding hydrogens is 398 g/mol. The number of nitrogens with zero attached hydrogens (tertiary/aromatic N) is 3. The molecule has 0 saturated carbocycles. The highest BCUT2D eigenvalue weighted by atomic mass is 16.5. The molecule has 2 heterocycles. The quantitative estimate of drug-likeness (QED) is 0.574. The fraction of sp³-hybridized carbons (Fsp3) is 0.348. The maximum Gasteiger partial charge on any atom is 0.264 e. The van der Waals surface area contributed by atoms with Crippen LogP contribution < -0.4 is 14.2 Å². The summed E-state index contributed by atoms with van der Waals surface area (Å²) < 4.78 is 21.6. The van der Waals surface area contributed by atoms with Gasteiger partial charge in [0.15, 0.2) is 23.9 Å². The lowest BCUT2D eigenvalue weighted by Crippen LogP contribution is -2.28. The topological polar surface area (TPSA) is 86.9 Å². The minimum Gasteiger partial charge on any atom is -0.493 e. The second-order valence-electron chi connectivity index (χ2n) is 7.45. The number of hydrogen-bond donors (Lipinski definition) is 0. The van der Waals surface area contributed by atoms with E-state index in [1.165, 1.54) is 5.56 Å². The molecule has 0 N–H and O–H groups in total. The number of methoxy groups -OCH3 is 2. The average Bonchev–Trinajstić information content (AvgIpc) is 3.47. The van der Waals surface area contributed by atoms with Gasteiger partial charge in [0.2, 0.25) is 0 Å². The summed E-state index contributed by atoms with van der Waals surface area (Å²) in [7, 11) is 3.11. The molecule has 1 saturated heterocycles. The van der Waals surface area contributed by atoms with E-state index in [1.54, 1.807) is 37.3 Å². The Balaban J connectivity index is 1.36. The fourth-order valence-corrected chi connectivity index (χ4v) is 3.58. The van der Waals surface area contributed by atoms with E-state index in [4.69, 9.17) is 18.7 Å². The van der Waals surface area contributed by atoms with Crippen molar-refractivity contribution in [1.82, 2.24) is 15.0 Å². The molecule has 1 amide bonds. The number of likely N-dealkylation sites (tertiary alicyclic amines) is 1. The Kier molecular flexibility index (Phi) is 6.06. The number of amides is 1. The summed E-state index contributed by atoms with van der Waals surface area (Å²) in [6.07, 6.45) is 0.775. The second kappa shape index (κ2) is 9.07. The zero-order valence-corrected chi connectivity index (χ0v) is 17.8. The normalized spacial score (nSPS) is 15.7. The van der Waals surface area contributed by atoms with Crippen LogP contribution in [0.4, 0.5) is 0 Å². The Labute approximate surface area is 180 Å². The van der Waals surface area contributed by atoms with Crippen LogP contribution >= 0.6 is 0 Å². The predicted molar refractivity (Wildman–Crippen MR) is 113 cm³/mol. The zero-order chi connectivity index (χ0) is 21.8. The highest BCUT2D eigenvalue weighted by molar-refractivity contribution is 5.95. The van der Waals surface area contributed by atoms with E-state index in [2.05, 4.69) is 10.1 Å². The molecule has 1 unspecified atom stereocenters. The lowest BCUT2D eigenvalue weighted by molar-refractivity contribution is 0.0790. The van der Waals surface area contributed by atoms with Crippen LogP contribution in [0.1, 0.15) is 40.0 Å². The third-order valence-electron chi connectivity index (χ3n) is 5.34. The van der Waals surface area contributed by atoms with Crippen LogP contribution in [0.25, 0.3) is 0 Å². The van der Waals surface area contributed by atoms with Crippen molar-refractivity contribution < 1.29 is 23.5 Å². The molecular formula is C23H25N3O5. The van der Waals surface area contributed by atoms with E-state index in [-0.39, 0.29) is 18.4 Å². The lowest BCUT2D eigenvalue weighted by atomic mass is 10.1. The van der Waals surface area contributed by atoms with Gasteiger partial charge in [-0.25, -0.2) is 0 Å². The highest BCUT2D eigenvalue weighted by Gasteiger charge is 2.31. The summed E-state index contributed by atoms with van der Waals surface area (Å²) in [5.74, 6) is 2.85. The van der Waals surface area contributed by atoms with Crippen LogP contribution in [0.5, 0.6) is 17.2 Å². The Morgan fingerprint density at radius 3 is 2.65 bits per heavy atom. The maximum atomic E-state index is 12.9. The van der Waals surface area contributed by atoms with E-state index < -0.39 is 0 Å². The first kappa shape index (κ1) is 20.7. The third kappa shape index (κ3) is 4.63. The summed E-state index contributed by atoms with van der Waals surface area (Å²) in [6.45, 7) is 3.39. The van der Waals surface area contributed by atoms with Gasteiger partial charge >= 0.3 is 0 Å². The van der Waals surface area contributed by atoms with Crippen LogP contribution in [0.15, 0.2) is 47.0 Å². The lowest BCUT2D eigenvalue weighted by Gasteiger charge is -2.17. The molecule has 0 radical (unpaired) electrons. The summed E-state index contributed by atoms with van der Waals surface area (Å²) in [4.78, 5) is 19.2. The van der Waals surface area contributed by atoms with Crippen molar-refractivity contribution in [3.63, 3.8) is 0 Å². The summed E-state index contributed by atoms with van der Waals surface area (Å²) >= 11 is 0. The van der Waals surface area contributed by atoms with Crippen molar-refractivity contribution in [1.29, 1.82) is 0 Å². The van der Waals surface area contributed by atoms with E-state index in [9.17, 15) is 4.79 Å². The van der Waals surface area contributed by atoms with Gasteiger partial charge in [0.25, 0.3) is 11.8 Å². The van der Waals surface area contributed by atoms with Crippen LogP contribution in [0.3, 0.4) is 0 Å². The number of hydrogen-bond acceptors (Lipinski definition) is 7. The first-order chi connectivity index (χ1) is 15.1. The molecule has 1 aliphatic rings. The zero-order valence-electron chi connectivity index (χ0n) is 17.8. The van der Waals surface area contributed by atoms with E-state index in [1.807, 2.05) is 31.2 Å². The Morgan fingerprint density at radius 1 is 1.13 bits per heavy atom. The van der Waals surface area contributed by atoms with Crippen molar-refractivity contribution in [2.75, 3.05) is 27.3 Å². The number of aromatic nitrogens is 2. The van der Waals surface area contributed by atoms with Crippen molar-refractivity contribution in [3.05, 3.63) is 65.3 Å². The SMILES string of the molecule is COc1ccc(C(=O)N2CCC(c3noc(COc4ccc(C)cc4)n3)C2)cc1OC. The Hall–Kier alpha value is -3.55. The Bertz CT molecular complexity index is 1050. The van der Waals surface area contributed by atoms with Gasteiger partial charge in [0.1, 0.15) is 5.75 Å². The first-order valence-electron chi connectivity index (χ1n) is 10.1. The maximum absolute atomic E-state index is 12.9. The fourth-order valence-electron chi connectivity index (χ4n) is 3.58. The van der Waals surface area contributed by atoms with Crippen LogP contribution in [0.2, 0.25) is 0 Å². The molecule has 0 aliphatic carbocycles. The van der Waals surface area contributed by atoms with Crippen LogP contribution in [-0.4, -0.2) is 48.3 Å². The number of benzene rings is 2. The van der Waals surface area contributed by atoms with Gasteiger partial charge in [-0.05, 0) is 43.7 Å². The molecule has 1 aliphatic heterocycles. The smallest absolute Gasteiger partial charge is 0.264 e. The standard InChI is InChI=1S/C23H25N3O5/c1-15-4-7-18(8-5-15)30-14-21-24-22(25-31-21)17-10-11-26(13-17)23(27)16-6-9-19(28-2)20(12-16)29-3/h4-9,12,17H,10-11,13-14H2,1-3H3. The van der Waals surface area contributed by atoms with Gasteiger partial charge in [-0.1, -0.05) is 22.9 Å². The summed E-state index contributed by atoms with van der Waals surface area (Å²) in [5, 5.41) is 4.10. The van der Waals surface area contributed by atoms with Gasteiger partial charge in [-0.3, -0.25) is 4.79 Å². The molecule has 0 spiro atoms. The second-order valence-corrected chi connectivity index (χ2v) is 7.45. The van der Waals surface area contributed by atoms with Gasteiger partial charge in [-0.15, -0.1) is 0 Å². The molecule has 1 atom stereocenters. The van der Waals surface area contributed by atoms with Gasteiger partial charge < -0.3 is 23.6 Å². The molecule has 31 heavy (non-hydrogen) atoms. The van der Waals surface area contributed by atoms with E-state index in [0.717, 1.165) is 12.2 Å². The molecule has 2 aromatic carbocycles. The molecule has 1 aromatic heterocycles. The highest BCUT2D eigenvalue weighted by Crippen LogP contribution is 2.30. The average molecular weight is 423 g/mol. The number of carbonyl (C=O) groups is 1. The summed E-state index contributed by atoms with van der Waals surface area (Å²) in [6, 6.07) is 12.9. The first-order valence-corrected chi connectivity index (χ1v) is 10.1. The van der Waals surface area contributed by atoms with Crippen molar-refractivity contribution in [2.24, 2.45) is 0 Å². The minimum absolute atomic E-state index is 0.0287. The predicted octanol–water partition coefficient (Wildman–Crippen LogP) is 3.60. The third-order valence-corrected chi connectivity index (χ3v) is 5.34. The number of rotatable bonds is 7. The van der Waals surface area contributed by atoms with E-state index in [0.29, 0.717) is 41.9 Å². The molecule has 8 heteroatoms. The van der Waals surface area contributed by atoms with Crippen molar-refractivity contribution >= 4 is 5.91 Å². The molecule has 4 rings (SSSR count). The molecule has 8 nitrogen and oxygen atoms in total. The number of ether oxygens (including phenoxy) is 3. The monoisotopic (exact) mass is 423 g/mol. The van der Waals surface area contributed by atoms with Gasteiger partial charge in [0, 0.05) is 24.6 Å². The van der Waals surface area contributed by atoms with Gasteiger partial charge in [-0.2, -0.15) is 4.98 Å². The molecule has 1 fully saturated rings. The Morgan fingerprint density at radius 2 is 1.90 bits per heavy atom. The van der Waals surface area contributed by atoms with Crippen molar-refractivity contribution in [2.45, 2.75) is 25.9 Å². The van der Waals surface area contributed by atoms with Crippen LogP contribution in [0, 0.1) is 6.92 Å². The molecule has 3 aromatic rings. The number of carbonyl (C=O) groups excluding carboxylic acids is 1. The summed E-state index contributed by atoms with van der Waals surface area (Å²) in [5.41, 5.74) is 1.72. The van der Waals surface area contributed by atoms with Crippen molar-refractivity contribution in [3.8, 4) is 17.2 Å². The van der Waals surface area contributed by atoms with E-state index >= 15 is 0 Å². The van der Waals surface area contributed by atoms with Gasteiger partial charge in [0.05, 0.1) is 14.2 Å². The molecule has 0 bridgehead atoms. The van der Waals surface area contributed by atoms with Crippen LogP contribution in [-0.2, 0) is 6.61 Å². The molecule has 162 valence electrons. The minimum atomic E-state index is -0.0603. The largest absolute Gasteiger partial charge is 0.493 e.